The number of carbonyl (C=O) groups excluding carboxylic acids is 2. The highest BCUT2D eigenvalue weighted by molar-refractivity contribution is 7.99. The number of piperidine rings is 1. The number of hydrogen-bond donors (Lipinski definition) is 2. The van der Waals surface area contributed by atoms with Crippen molar-refractivity contribution in [3.05, 3.63) is 0 Å². The van der Waals surface area contributed by atoms with Gasteiger partial charge in [0.05, 0.1) is 13.2 Å². The summed E-state index contributed by atoms with van der Waals surface area (Å²) in [4.78, 5) is 28.7. The van der Waals surface area contributed by atoms with Crippen LogP contribution in [0.25, 0.3) is 0 Å². The molecule has 0 aromatic carbocycles. The van der Waals surface area contributed by atoms with E-state index in [-0.39, 0.29) is 0 Å². The lowest BCUT2D eigenvalue weighted by atomic mass is 9.95. The van der Waals surface area contributed by atoms with Crippen LogP contribution in [0.15, 0.2) is 0 Å². The largest absolute Gasteiger partial charge is 0.379 e. The number of amides is 2. The number of likely N-dealkylation sites (tertiary alicyclic amines) is 1. The van der Waals surface area contributed by atoms with Crippen LogP contribution in [0.4, 0.5) is 0 Å². The fourth-order valence-electron chi connectivity index (χ4n) is 3.88. The Kier molecular flexibility index (Phi) is 8.04. The molecular formula is C18H32N4O3S. The van der Waals surface area contributed by atoms with Gasteiger partial charge in [0.25, 0.3) is 0 Å². The van der Waals surface area contributed by atoms with Crippen molar-refractivity contribution in [2.75, 3.05) is 70.5 Å². The van der Waals surface area contributed by atoms with Gasteiger partial charge in [-0.3, -0.25) is 19.4 Å². The zero-order chi connectivity index (χ0) is 18.2. The minimum atomic E-state index is -0.515. The second-order valence-corrected chi connectivity index (χ2v) is 8.57. The van der Waals surface area contributed by atoms with Crippen LogP contribution < -0.4 is 10.6 Å². The smallest absolute Gasteiger partial charge is 0.309 e. The molecule has 3 rings (SSSR count). The molecule has 0 aromatic heterocycles. The summed E-state index contributed by atoms with van der Waals surface area (Å²) in [5.74, 6) is 2.04. The molecule has 3 aliphatic rings. The van der Waals surface area contributed by atoms with Gasteiger partial charge in [0.2, 0.25) is 0 Å². The Hall–Kier alpha value is -0.830. The van der Waals surface area contributed by atoms with Gasteiger partial charge in [-0.15, -0.1) is 0 Å². The van der Waals surface area contributed by atoms with Gasteiger partial charge in [-0.1, -0.05) is 0 Å². The third-order valence-corrected chi connectivity index (χ3v) is 6.79. The highest BCUT2D eigenvalue weighted by atomic mass is 32.2. The Bertz CT molecular complexity index is 459. The van der Waals surface area contributed by atoms with Gasteiger partial charge in [0.15, 0.2) is 0 Å². The Morgan fingerprint density at radius 2 is 1.73 bits per heavy atom. The van der Waals surface area contributed by atoms with E-state index < -0.39 is 11.8 Å². The number of rotatable bonds is 6. The number of carbonyl (C=O) groups is 2. The first-order chi connectivity index (χ1) is 12.7. The molecule has 3 heterocycles. The average Bonchev–Trinajstić information content (AvgIpc) is 3.22. The van der Waals surface area contributed by atoms with Crippen LogP contribution in [0.1, 0.15) is 19.3 Å². The highest BCUT2D eigenvalue weighted by Gasteiger charge is 2.27. The molecule has 8 heteroatoms. The Labute approximate surface area is 160 Å². The van der Waals surface area contributed by atoms with Crippen LogP contribution >= 0.6 is 11.8 Å². The summed E-state index contributed by atoms with van der Waals surface area (Å²) in [6, 6.07) is 0.757. The first kappa shape index (κ1) is 19.9. The summed E-state index contributed by atoms with van der Waals surface area (Å²) >= 11 is 2.06. The van der Waals surface area contributed by atoms with Crippen molar-refractivity contribution in [3.63, 3.8) is 0 Å². The lowest BCUT2D eigenvalue weighted by Gasteiger charge is -2.35. The zero-order valence-electron chi connectivity index (χ0n) is 15.6. The van der Waals surface area contributed by atoms with Crippen LogP contribution in [-0.4, -0.2) is 98.2 Å². The van der Waals surface area contributed by atoms with Crippen LogP contribution in [0.3, 0.4) is 0 Å². The Morgan fingerprint density at radius 1 is 1.00 bits per heavy atom. The fourth-order valence-corrected chi connectivity index (χ4v) is 5.14. The second kappa shape index (κ2) is 10.5. The van der Waals surface area contributed by atoms with Gasteiger partial charge in [0, 0.05) is 44.5 Å². The first-order valence-electron chi connectivity index (χ1n) is 9.90. The SMILES string of the molecule is O=C(NCCN1CCOCC1)C(=O)NCC1CCN(C2CCSC2)CC1. The van der Waals surface area contributed by atoms with E-state index in [1.54, 1.807) is 0 Å². The maximum absolute atomic E-state index is 12.0. The molecule has 3 saturated heterocycles. The van der Waals surface area contributed by atoms with Gasteiger partial charge < -0.3 is 15.4 Å². The minimum Gasteiger partial charge on any atom is -0.379 e. The average molecular weight is 385 g/mol. The summed E-state index contributed by atoms with van der Waals surface area (Å²) in [6.45, 7) is 7.39. The van der Waals surface area contributed by atoms with E-state index >= 15 is 0 Å². The lowest BCUT2D eigenvalue weighted by molar-refractivity contribution is -0.139. The molecule has 1 atom stereocenters. The molecule has 0 radical (unpaired) electrons. The number of thioether (sulfide) groups is 1. The topological polar surface area (TPSA) is 73.9 Å². The minimum absolute atomic E-state index is 0.491. The number of ether oxygens (including phenoxy) is 1. The summed E-state index contributed by atoms with van der Waals surface area (Å²) in [6.07, 6.45) is 3.54. The number of morpholine rings is 1. The van der Waals surface area contributed by atoms with E-state index in [1.807, 2.05) is 0 Å². The molecule has 0 aliphatic carbocycles. The summed E-state index contributed by atoms with van der Waals surface area (Å²) in [7, 11) is 0. The molecule has 0 saturated carbocycles. The van der Waals surface area contributed by atoms with Crippen LogP contribution in [0, 0.1) is 5.92 Å². The van der Waals surface area contributed by atoms with Crippen LogP contribution in [0.2, 0.25) is 0 Å². The molecular weight excluding hydrogens is 352 g/mol. The normalized spacial score (nSPS) is 25.9. The van der Waals surface area contributed by atoms with E-state index in [4.69, 9.17) is 4.74 Å². The van der Waals surface area contributed by atoms with Crippen molar-refractivity contribution < 1.29 is 14.3 Å². The van der Waals surface area contributed by atoms with Gasteiger partial charge >= 0.3 is 11.8 Å². The van der Waals surface area contributed by atoms with Crippen LogP contribution in [-0.2, 0) is 14.3 Å². The highest BCUT2D eigenvalue weighted by Crippen LogP contribution is 2.26. The molecule has 2 N–H and O–H groups in total. The maximum Gasteiger partial charge on any atom is 0.309 e. The maximum atomic E-state index is 12.0. The predicted molar refractivity (Wildman–Crippen MR) is 103 cm³/mol. The van der Waals surface area contributed by atoms with E-state index in [0.717, 1.165) is 64.8 Å². The van der Waals surface area contributed by atoms with Crippen LogP contribution in [0.5, 0.6) is 0 Å². The van der Waals surface area contributed by atoms with E-state index in [1.165, 1.54) is 17.9 Å². The molecule has 2 amide bonds. The van der Waals surface area contributed by atoms with Crippen molar-refractivity contribution in [1.29, 1.82) is 0 Å². The monoisotopic (exact) mass is 384 g/mol. The number of nitrogens with zero attached hydrogens (tertiary/aromatic N) is 2. The third-order valence-electron chi connectivity index (χ3n) is 5.65. The molecule has 3 aliphatic heterocycles. The molecule has 26 heavy (non-hydrogen) atoms. The molecule has 0 aromatic rings. The van der Waals surface area contributed by atoms with E-state index in [0.29, 0.717) is 19.0 Å². The summed E-state index contributed by atoms with van der Waals surface area (Å²) in [5.41, 5.74) is 0. The van der Waals surface area contributed by atoms with Gasteiger partial charge in [-0.25, -0.2) is 0 Å². The van der Waals surface area contributed by atoms with Crippen molar-refractivity contribution in [2.24, 2.45) is 5.92 Å². The van der Waals surface area contributed by atoms with E-state index in [9.17, 15) is 9.59 Å². The lowest BCUT2D eigenvalue weighted by Crippen LogP contribution is -2.47. The van der Waals surface area contributed by atoms with Crippen molar-refractivity contribution >= 4 is 23.6 Å². The summed E-state index contributed by atoms with van der Waals surface area (Å²) in [5, 5.41) is 5.54. The zero-order valence-corrected chi connectivity index (χ0v) is 16.4. The first-order valence-corrected chi connectivity index (χ1v) is 11.1. The predicted octanol–water partition coefficient (Wildman–Crippen LogP) is -0.231. The van der Waals surface area contributed by atoms with Crippen molar-refractivity contribution in [3.8, 4) is 0 Å². The molecule has 7 nitrogen and oxygen atoms in total. The van der Waals surface area contributed by atoms with Gasteiger partial charge in [-0.05, 0) is 44.0 Å². The van der Waals surface area contributed by atoms with Crippen molar-refractivity contribution in [1.82, 2.24) is 20.4 Å². The quantitative estimate of drug-likeness (QED) is 0.617. The number of nitrogens with one attached hydrogen (secondary N) is 2. The molecule has 0 spiro atoms. The second-order valence-electron chi connectivity index (χ2n) is 7.42. The van der Waals surface area contributed by atoms with E-state index in [2.05, 4.69) is 32.2 Å². The standard InChI is InChI=1S/C18H32N4O3S/c23-17(19-4-7-21-8-10-25-11-9-21)18(24)20-13-15-1-5-22(6-2-15)16-3-12-26-14-16/h15-16H,1-14H2,(H,19,23)(H,20,24). The summed E-state index contributed by atoms with van der Waals surface area (Å²) < 4.78 is 5.29. The fraction of sp³-hybridized carbons (Fsp3) is 0.889. The molecule has 3 fully saturated rings. The van der Waals surface area contributed by atoms with Gasteiger partial charge in [0.1, 0.15) is 0 Å². The van der Waals surface area contributed by atoms with Gasteiger partial charge in [-0.2, -0.15) is 11.8 Å². The Balaban J connectivity index is 1.25. The number of hydrogen-bond acceptors (Lipinski definition) is 6. The Morgan fingerprint density at radius 3 is 2.42 bits per heavy atom. The molecule has 0 bridgehead atoms. The van der Waals surface area contributed by atoms with Crippen molar-refractivity contribution in [2.45, 2.75) is 25.3 Å². The molecule has 148 valence electrons. The third kappa shape index (κ3) is 6.11. The molecule has 1 unspecified atom stereocenters.